The highest BCUT2D eigenvalue weighted by Gasteiger charge is 2.15. The molecule has 1 aromatic rings. The van der Waals surface area contributed by atoms with Gasteiger partial charge in [-0.25, -0.2) is 9.59 Å². The highest BCUT2D eigenvalue weighted by molar-refractivity contribution is 7.18. The van der Waals surface area contributed by atoms with Crippen molar-refractivity contribution in [1.29, 1.82) is 0 Å². The van der Waals surface area contributed by atoms with Crippen LogP contribution in [0.1, 0.15) is 16.6 Å². The third kappa shape index (κ3) is 3.76. The first-order valence-electron chi connectivity index (χ1n) is 4.60. The van der Waals surface area contributed by atoms with Gasteiger partial charge in [-0.15, -0.1) is 11.3 Å². The van der Waals surface area contributed by atoms with E-state index in [1.807, 2.05) is 0 Å². The van der Waals surface area contributed by atoms with Gasteiger partial charge < -0.3 is 21.5 Å². The normalized spacial score (nSPS) is 11.6. The number of thiophene rings is 1. The summed E-state index contributed by atoms with van der Waals surface area (Å²) in [5.74, 6) is -1.53. The Morgan fingerprint density at radius 2 is 2.06 bits per heavy atom. The minimum atomic E-state index is -1.06. The van der Waals surface area contributed by atoms with Crippen molar-refractivity contribution in [3.8, 4) is 0 Å². The summed E-state index contributed by atoms with van der Waals surface area (Å²) in [6.07, 6.45) is 0. The molecule has 8 heteroatoms. The molecule has 0 saturated heterocycles. The fourth-order valence-electron chi connectivity index (χ4n) is 1.03. The Kier molecular flexibility index (Phi) is 4.05. The number of amides is 3. The molecule has 1 unspecified atom stereocenters. The van der Waals surface area contributed by atoms with Crippen LogP contribution >= 0.6 is 11.3 Å². The van der Waals surface area contributed by atoms with Gasteiger partial charge in [0.25, 0.3) is 0 Å². The number of nitrogens with two attached hydrogens (primary N) is 1. The molecule has 1 atom stereocenters. The molecule has 0 aliphatic heterocycles. The van der Waals surface area contributed by atoms with E-state index in [1.165, 1.54) is 19.1 Å². The molecule has 7 nitrogen and oxygen atoms in total. The van der Waals surface area contributed by atoms with Crippen LogP contribution in [-0.2, 0) is 4.79 Å². The van der Waals surface area contributed by atoms with Crippen molar-refractivity contribution in [3.63, 3.8) is 0 Å². The predicted molar refractivity (Wildman–Crippen MR) is 62.1 cm³/mol. The number of carboxylic acid groups (broad SMARTS) is 1. The molecule has 0 aliphatic rings. The highest BCUT2D eigenvalue weighted by atomic mass is 32.1. The highest BCUT2D eigenvalue weighted by Crippen LogP contribution is 2.21. The second-order valence-electron chi connectivity index (χ2n) is 3.19. The van der Waals surface area contributed by atoms with Gasteiger partial charge in [-0.2, -0.15) is 0 Å². The standard InChI is InChI=1S/C9H11N3O4S/c1-4(11-9(10)16)7(13)12-6-3-2-5(17-6)8(14)15/h2-4H,1H3,(H,12,13)(H,14,15)(H3,10,11,16). The van der Waals surface area contributed by atoms with Crippen LogP contribution in [0.5, 0.6) is 0 Å². The zero-order chi connectivity index (χ0) is 13.0. The van der Waals surface area contributed by atoms with Gasteiger partial charge in [0, 0.05) is 0 Å². The number of carboxylic acids is 1. The SMILES string of the molecule is CC(NC(N)=O)C(=O)Nc1ccc(C(=O)O)s1. The van der Waals surface area contributed by atoms with E-state index in [-0.39, 0.29) is 4.88 Å². The number of carbonyl (C=O) groups is 3. The van der Waals surface area contributed by atoms with Crippen LogP contribution in [0, 0.1) is 0 Å². The van der Waals surface area contributed by atoms with E-state index < -0.39 is 23.9 Å². The van der Waals surface area contributed by atoms with Crippen molar-refractivity contribution in [1.82, 2.24) is 5.32 Å². The van der Waals surface area contributed by atoms with E-state index in [1.54, 1.807) is 0 Å². The Labute approximate surface area is 101 Å². The molecule has 0 fully saturated rings. The monoisotopic (exact) mass is 257 g/mol. The van der Waals surface area contributed by atoms with E-state index in [9.17, 15) is 14.4 Å². The van der Waals surface area contributed by atoms with Gasteiger partial charge in [-0.05, 0) is 19.1 Å². The van der Waals surface area contributed by atoms with Crippen molar-refractivity contribution in [2.75, 3.05) is 5.32 Å². The van der Waals surface area contributed by atoms with Gasteiger partial charge >= 0.3 is 12.0 Å². The number of urea groups is 1. The number of hydrogen-bond acceptors (Lipinski definition) is 4. The van der Waals surface area contributed by atoms with Gasteiger partial charge in [0.1, 0.15) is 10.9 Å². The minimum absolute atomic E-state index is 0.121. The maximum atomic E-state index is 11.5. The maximum absolute atomic E-state index is 11.5. The molecule has 5 N–H and O–H groups in total. The molecule has 1 heterocycles. The number of anilines is 1. The van der Waals surface area contributed by atoms with E-state index >= 15 is 0 Å². The summed E-state index contributed by atoms with van der Waals surface area (Å²) in [5.41, 5.74) is 4.86. The third-order valence-corrected chi connectivity index (χ3v) is 2.80. The zero-order valence-corrected chi connectivity index (χ0v) is 9.71. The number of hydrogen-bond donors (Lipinski definition) is 4. The van der Waals surface area contributed by atoms with E-state index in [2.05, 4.69) is 10.6 Å². The summed E-state index contributed by atoms with van der Waals surface area (Å²) in [5, 5.41) is 13.8. The minimum Gasteiger partial charge on any atom is -0.477 e. The fraction of sp³-hybridized carbons (Fsp3) is 0.222. The second-order valence-corrected chi connectivity index (χ2v) is 4.27. The van der Waals surface area contributed by atoms with Crippen molar-refractivity contribution in [2.24, 2.45) is 5.73 Å². The number of carbonyl (C=O) groups excluding carboxylic acids is 2. The Balaban J connectivity index is 2.61. The van der Waals surface area contributed by atoms with Crippen LogP contribution in [0.4, 0.5) is 9.80 Å². The molecule has 92 valence electrons. The molecule has 3 amide bonds. The van der Waals surface area contributed by atoms with Crippen LogP contribution in [0.25, 0.3) is 0 Å². The molecule has 0 saturated carbocycles. The number of primary amides is 1. The lowest BCUT2D eigenvalue weighted by Gasteiger charge is -2.10. The average molecular weight is 257 g/mol. The van der Waals surface area contributed by atoms with Crippen molar-refractivity contribution in [2.45, 2.75) is 13.0 Å². The largest absolute Gasteiger partial charge is 0.477 e. The summed E-state index contributed by atoms with van der Waals surface area (Å²) in [7, 11) is 0. The maximum Gasteiger partial charge on any atom is 0.345 e. The molecule has 0 aromatic carbocycles. The van der Waals surface area contributed by atoms with Crippen molar-refractivity contribution in [3.05, 3.63) is 17.0 Å². The lowest BCUT2D eigenvalue weighted by molar-refractivity contribution is -0.117. The van der Waals surface area contributed by atoms with E-state index in [0.29, 0.717) is 5.00 Å². The van der Waals surface area contributed by atoms with Crippen LogP contribution in [0.3, 0.4) is 0 Å². The van der Waals surface area contributed by atoms with Crippen LogP contribution in [-0.4, -0.2) is 29.1 Å². The molecular weight excluding hydrogens is 246 g/mol. The smallest absolute Gasteiger partial charge is 0.345 e. The third-order valence-electron chi connectivity index (χ3n) is 1.82. The Hall–Kier alpha value is -2.09. The van der Waals surface area contributed by atoms with E-state index in [4.69, 9.17) is 10.8 Å². The summed E-state index contributed by atoms with van der Waals surface area (Å²) >= 11 is 0.930. The van der Waals surface area contributed by atoms with Gasteiger partial charge in [0.15, 0.2) is 0 Å². The first kappa shape index (κ1) is 13.0. The van der Waals surface area contributed by atoms with Crippen LogP contribution < -0.4 is 16.4 Å². The Bertz CT molecular complexity index is 457. The first-order valence-corrected chi connectivity index (χ1v) is 5.41. The molecule has 0 aliphatic carbocycles. The average Bonchev–Trinajstić information content (AvgIpc) is 2.65. The van der Waals surface area contributed by atoms with Crippen molar-refractivity contribution >= 4 is 34.2 Å². The second kappa shape index (κ2) is 5.30. The molecule has 0 spiro atoms. The summed E-state index contributed by atoms with van der Waals surface area (Å²) < 4.78 is 0. The van der Waals surface area contributed by atoms with Gasteiger partial charge in [0.05, 0.1) is 5.00 Å². The molecular formula is C9H11N3O4S. The molecule has 0 radical (unpaired) electrons. The topological polar surface area (TPSA) is 122 Å². The lowest BCUT2D eigenvalue weighted by atomic mass is 10.3. The Morgan fingerprint density at radius 3 is 2.53 bits per heavy atom. The zero-order valence-electron chi connectivity index (χ0n) is 8.89. The Morgan fingerprint density at radius 1 is 1.41 bits per heavy atom. The number of nitrogens with one attached hydrogen (secondary N) is 2. The summed E-state index contributed by atoms with van der Waals surface area (Å²) in [4.78, 5) is 32.7. The number of rotatable bonds is 4. The van der Waals surface area contributed by atoms with Gasteiger partial charge in [-0.1, -0.05) is 0 Å². The van der Waals surface area contributed by atoms with E-state index in [0.717, 1.165) is 11.3 Å². The predicted octanol–water partition coefficient (Wildman–Crippen LogP) is 0.442. The summed E-state index contributed by atoms with van der Waals surface area (Å²) in [6, 6.07) is 1.27. The molecule has 1 aromatic heterocycles. The lowest BCUT2D eigenvalue weighted by Crippen LogP contribution is -2.44. The fourth-order valence-corrected chi connectivity index (χ4v) is 1.78. The quantitative estimate of drug-likeness (QED) is 0.625. The van der Waals surface area contributed by atoms with Crippen molar-refractivity contribution < 1.29 is 19.5 Å². The number of aromatic carboxylic acids is 1. The molecule has 1 rings (SSSR count). The van der Waals surface area contributed by atoms with Crippen LogP contribution in [0.15, 0.2) is 12.1 Å². The van der Waals surface area contributed by atoms with Gasteiger partial charge in [-0.3, -0.25) is 4.79 Å². The summed E-state index contributed by atoms with van der Waals surface area (Å²) in [6.45, 7) is 1.46. The molecule has 17 heavy (non-hydrogen) atoms. The first-order chi connectivity index (χ1) is 7.90. The molecule has 0 bridgehead atoms. The van der Waals surface area contributed by atoms with Crippen LogP contribution in [0.2, 0.25) is 0 Å². The van der Waals surface area contributed by atoms with Gasteiger partial charge in [0.2, 0.25) is 5.91 Å².